The Balaban J connectivity index is 2.13. The first-order chi connectivity index (χ1) is 17.9. The largest absolute Gasteiger partial charge is 0.457 e. The lowest BCUT2D eigenvalue weighted by Crippen LogP contribution is -2.52. The lowest BCUT2D eigenvalue weighted by Gasteiger charge is -2.26. The number of carbonyl (C=O) groups excluding carboxylic acids is 2. The third-order valence-electron chi connectivity index (χ3n) is 4.57. The van der Waals surface area contributed by atoms with Crippen molar-refractivity contribution in [3.63, 3.8) is 0 Å². The Hall–Kier alpha value is -3.61. The van der Waals surface area contributed by atoms with Crippen molar-refractivity contribution in [2.24, 2.45) is 0 Å². The minimum atomic E-state index is -6.64. The second-order valence-electron chi connectivity index (χ2n) is 7.80. The zero-order chi connectivity index (χ0) is 30.9. The molecule has 0 radical (unpaired) electrons. The summed E-state index contributed by atoms with van der Waals surface area (Å²) in [5.41, 5.74) is -1.37. The maximum absolute atomic E-state index is 13.6. The smallest absolute Gasteiger partial charge is 0.432 e. The minimum Gasteiger partial charge on any atom is -0.457 e. The molecule has 0 saturated heterocycles. The van der Waals surface area contributed by atoms with Crippen LogP contribution in [-0.2, 0) is 19.6 Å². The third-order valence-corrected chi connectivity index (χ3v) is 5.47. The normalized spacial score (nSPS) is 14.7. The van der Waals surface area contributed by atoms with E-state index in [-0.39, 0.29) is 18.4 Å². The number of hydrogen-bond acceptors (Lipinski definition) is 7. The number of ether oxygens (including phenoxy) is 3. The number of benzene rings is 2. The van der Waals surface area contributed by atoms with Crippen LogP contribution in [0.25, 0.3) is 0 Å². The molecule has 1 N–H and O–H groups in total. The monoisotopic (exact) mass is 616 g/mol. The van der Waals surface area contributed by atoms with Crippen LogP contribution in [0.3, 0.4) is 0 Å². The number of rotatable bonds is 9. The molecule has 0 aromatic heterocycles. The molecule has 2 unspecified atom stereocenters. The predicted octanol–water partition coefficient (Wildman–Crippen LogP) is 5.79. The van der Waals surface area contributed by atoms with Gasteiger partial charge in [0.05, 0.1) is 11.1 Å². The highest BCUT2D eigenvalue weighted by Gasteiger charge is 2.66. The third kappa shape index (κ3) is 7.96. The zero-order valence-electron chi connectivity index (χ0n) is 19.3. The molecule has 0 saturated carbocycles. The summed E-state index contributed by atoms with van der Waals surface area (Å²) in [7, 11) is -6.64. The van der Waals surface area contributed by atoms with Crippen molar-refractivity contribution < 1.29 is 80.7 Å². The SMILES string of the molecule is CC(F)(F)C(OC(=O)c1ccc(Oc2ccc(C(=O)OC(C(F)(F)F)C(F)(F)S(=O)(=O)O)cc2)cc1)C(F)(F)F. The number of esters is 2. The van der Waals surface area contributed by atoms with E-state index >= 15 is 0 Å². The quantitative estimate of drug-likeness (QED) is 0.214. The molecule has 2 atom stereocenters. The van der Waals surface area contributed by atoms with Crippen LogP contribution in [-0.4, -0.2) is 60.6 Å². The van der Waals surface area contributed by atoms with Crippen molar-refractivity contribution in [1.29, 1.82) is 0 Å². The van der Waals surface area contributed by atoms with Gasteiger partial charge in [0.25, 0.3) is 18.1 Å². The van der Waals surface area contributed by atoms with Gasteiger partial charge in [-0.1, -0.05) is 0 Å². The van der Waals surface area contributed by atoms with Crippen LogP contribution in [0.2, 0.25) is 0 Å². The van der Waals surface area contributed by atoms with Crippen LogP contribution in [0.4, 0.5) is 43.9 Å². The number of hydrogen-bond donors (Lipinski definition) is 1. The Morgan fingerprint density at radius 2 is 1.00 bits per heavy atom. The predicted molar refractivity (Wildman–Crippen MR) is 111 cm³/mol. The second-order valence-corrected chi connectivity index (χ2v) is 9.29. The average Bonchev–Trinajstić information content (AvgIpc) is 2.78. The standard InChI is InChI=1S/C21H14F10O8S/c1-18(22,23)16(19(24,25)26)38-14(32)10-2-6-12(7-3-10)37-13-8-4-11(5-9-13)15(33)39-17(20(27,28)29)21(30,31)40(34,35)36/h2-9,16-17H,1H3,(H,34,35,36). The molecule has 0 amide bonds. The summed E-state index contributed by atoms with van der Waals surface area (Å²) < 4.78 is 173. The topological polar surface area (TPSA) is 116 Å². The lowest BCUT2D eigenvalue weighted by molar-refractivity contribution is -0.263. The van der Waals surface area contributed by atoms with Crippen molar-refractivity contribution in [1.82, 2.24) is 0 Å². The van der Waals surface area contributed by atoms with Gasteiger partial charge in [0.15, 0.2) is 0 Å². The summed E-state index contributed by atoms with van der Waals surface area (Å²) in [5, 5.41) is -5.94. The first kappa shape index (κ1) is 32.6. The highest BCUT2D eigenvalue weighted by Crippen LogP contribution is 2.39. The van der Waals surface area contributed by atoms with Gasteiger partial charge < -0.3 is 14.2 Å². The summed E-state index contributed by atoms with van der Waals surface area (Å²) in [6.45, 7) is -0.0934. The minimum absolute atomic E-state index is 0.0934. The van der Waals surface area contributed by atoms with E-state index in [4.69, 9.17) is 9.29 Å². The van der Waals surface area contributed by atoms with Crippen LogP contribution >= 0.6 is 0 Å². The van der Waals surface area contributed by atoms with E-state index in [0.29, 0.717) is 12.1 Å². The van der Waals surface area contributed by atoms with Crippen molar-refractivity contribution in [2.45, 2.75) is 42.7 Å². The van der Waals surface area contributed by atoms with Crippen molar-refractivity contribution in [3.8, 4) is 11.5 Å². The van der Waals surface area contributed by atoms with Gasteiger partial charge in [-0.05, 0) is 48.5 Å². The van der Waals surface area contributed by atoms with Gasteiger partial charge in [-0.15, -0.1) is 0 Å². The van der Waals surface area contributed by atoms with Crippen molar-refractivity contribution in [2.75, 3.05) is 0 Å². The van der Waals surface area contributed by atoms with E-state index in [1.807, 2.05) is 0 Å². The maximum atomic E-state index is 13.6. The van der Waals surface area contributed by atoms with Gasteiger partial charge in [-0.25, -0.2) is 18.4 Å². The Bertz CT molecular complexity index is 1300. The molecule has 0 heterocycles. The van der Waals surface area contributed by atoms with Crippen LogP contribution in [0.15, 0.2) is 48.5 Å². The van der Waals surface area contributed by atoms with E-state index in [1.165, 1.54) is 0 Å². The Morgan fingerprint density at radius 3 is 1.27 bits per heavy atom. The van der Waals surface area contributed by atoms with Crippen molar-refractivity contribution in [3.05, 3.63) is 59.7 Å². The molecule has 0 aliphatic heterocycles. The Labute approximate surface area is 217 Å². The van der Waals surface area contributed by atoms with Crippen LogP contribution < -0.4 is 4.74 Å². The number of halogens is 10. The average molecular weight is 616 g/mol. The molecule has 8 nitrogen and oxygen atoms in total. The summed E-state index contributed by atoms with van der Waals surface area (Å²) >= 11 is 0. The fraction of sp³-hybridized carbons (Fsp3) is 0.333. The highest BCUT2D eigenvalue weighted by molar-refractivity contribution is 7.86. The van der Waals surface area contributed by atoms with Gasteiger partial charge in [0, 0.05) is 6.92 Å². The van der Waals surface area contributed by atoms with E-state index in [9.17, 15) is 61.9 Å². The van der Waals surface area contributed by atoms with Gasteiger partial charge in [-0.2, -0.15) is 43.5 Å². The first-order valence-electron chi connectivity index (χ1n) is 10.1. The summed E-state index contributed by atoms with van der Waals surface area (Å²) in [6, 6.07) is 6.89. The molecule has 2 rings (SSSR count). The van der Waals surface area contributed by atoms with Gasteiger partial charge >= 0.3 is 39.7 Å². The fourth-order valence-electron chi connectivity index (χ4n) is 2.72. The summed E-state index contributed by atoms with van der Waals surface area (Å²) in [6.07, 6.45) is -20.0. The summed E-state index contributed by atoms with van der Waals surface area (Å²) in [5.74, 6) is -8.55. The molecule has 0 fully saturated rings. The molecule has 222 valence electrons. The molecule has 0 bridgehead atoms. The first-order valence-corrected chi connectivity index (χ1v) is 11.5. The molecule has 2 aromatic carbocycles. The number of alkyl halides is 10. The molecule has 19 heteroatoms. The summed E-state index contributed by atoms with van der Waals surface area (Å²) in [4.78, 5) is 23.8. The van der Waals surface area contributed by atoms with Gasteiger partial charge in [-0.3, -0.25) is 4.55 Å². The van der Waals surface area contributed by atoms with Crippen molar-refractivity contribution >= 4 is 22.1 Å². The second kappa shape index (κ2) is 11.1. The van der Waals surface area contributed by atoms with Crippen LogP contribution in [0.1, 0.15) is 27.6 Å². The van der Waals surface area contributed by atoms with E-state index in [2.05, 4.69) is 9.47 Å². The van der Waals surface area contributed by atoms with Crippen LogP contribution in [0, 0.1) is 0 Å². The van der Waals surface area contributed by atoms with Crippen LogP contribution in [0.5, 0.6) is 11.5 Å². The fourth-order valence-corrected chi connectivity index (χ4v) is 3.18. The lowest BCUT2D eigenvalue weighted by atomic mass is 10.2. The highest BCUT2D eigenvalue weighted by atomic mass is 32.2. The molecule has 0 aliphatic carbocycles. The zero-order valence-corrected chi connectivity index (χ0v) is 20.1. The van der Waals surface area contributed by atoms with E-state index in [0.717, 1.165) is 36.4 Å². The van der Waals surface area contributed by atoms with Gasteiger partial charge in [0.1, 0.15) is 11.5 Å². The Kier molecular flexibility index (Phi) is 9.05. The van der Waals surface area contributed by atoms with E-state index in [1.54, 1.807) is 0 Å². The molecule has 0 aliphatic rings. The van der Waals surface area contributed by atoms with Gasteiger partial charge in [0.2, 0.25) is 0 Å². The Morgan fingerprint density at radius 1 is 0.675 bits per heavy atom. The molecule has 0 spiro atoms. The molecular weight excluding hydrogens is 602 g/mol. The maximum Gasteiger partial charge on any atom is 0.432 e. The molecular formula is C21H14F10O8S. The molecule has 40 heavy (non-hydrogen) atoms. The molecule has 2 aromatic rings. The number of carbonyl (C=O) groups is 2. The van der Waals surface area contributed by atoms with E-state index < -0.39 is 68.9 Å².